The number of nitrogens with zero attached hydrogens (tertiary/aromatic N) is 3. The molecule has 5 nitrogen and oxygen atoms in total. The van der Waals surface area contributed by atoms with Crippen molar-refractivity contribution in [1.82, 2.24) is 14.7 Å². The zero-order chi connectivity index (χ0) is 20.8. The highest BCUT2D eigenvalue weighted by Gasteiger charge is 2.48. The number of carbonyl (C=O) groups is 1. The fourth-order valence-corrected chi connectivity index (χ4v) is 4.64. The minimum absolute atomic E-state index is 0.105. The number of esters is 1. The van der Waals surface area contributed by atoms with Gasteiger partial charge in [0.15, 0.2) is 0 Å². The van der Waals surface area contributed by atoms with Gasteiger partial charge in [-0.15, -0.1) is 0 Å². The summed E-state index contributed by atoms with van der Waals surface area (Å²) in [6.07, 6.45) is 1.17. The first-order valence-corrected chi connectivity index (χ1v) is 11.2. The molecule has 0 aromatic heterocycles. The number of hydrogen-bond acceptors (Lipinski definition) is 5. The highest BCUT2D eigenvalue weighted by Crippen LogP contribution is 2.54. The van der Waals surface area contributed by atoms with Crippen LogP contribution in [0, 0.1) is 0 Å². The Balaban J connectivity index is 1.25. The van der Waals surface area contributed by atoms with Crippen LogP contribution in [0.15, 0.2) is 60.7 Å². The second-order valence-electron chi connectivity index (χ2n) is 8.23. The molecule has 160 valence electrons. The van der Waals surface area contributed by atoms with Gasteiger partial charge in [-0.1, -0.05) is 60.7 Å². The van der Waals surface area contributed by atoms with Gasteiger partial charge in [0, 0.05) is 32.7 Å². The topological polar surface area (TPSA) is 35.8 Å². The molecule has 0 saturated carbocycles. The van der Waals surface area contributed by atoms with Gasteiger partial charge in [-0.2, -0.15) is 0 Å². The lowest BCUT2D eigenvalue weighted by Gasteiger charge is -2.34. The molecule has 0 amide bonds. The molecule has 0 spiro atoms. The molecule has 30 heavy (non-hydrogen) atoms. The first kappa shape index (κ1) is 21.0. The molecule has 0 bridgehead atoms. The number of ether oxygens (including phenoxy) is 1. The van der Waals surface area contributed by atoms with E-state index in [0.29, 0.717) is 25.2 Å². The molecule has 0 N–H and O–H groups in total. The molecule has 0 aliphatic carbocycles. The van der Waals surface area contributed by atoms with Crippen LogP contribution in [0.1, 0.15) is 36.6 Å². The average Bonchev–Trinajstić information content (AvgIpc) is 3.50. The number of rotatable bonds is 9. The summed E-state index contributed by atoms with van der Waals surface area (Å²) in [4.78, 5) is 19.0. The minimum Gasteiger partial charge on any atom is -0.465 e. The van der Waals surface area contributed by atoms with E-state index in [-0.39, 0.29) is 5.97 Å². The van der Waals surface area contributed by atoms with Crippen LogP contribution in [0.25, 0.3) is 0 Å². The summed E-state index contributed by atoms with van der Waals surface area (Å²) in [6.45, 7) is 8.93. The van der Waals surface area contributed by atoms with Crippen molar-refractivity contribution in [2.45, 2.75) is 25.4 Å². The minimum atomic E-state index is -0.105. The normalized spacial score (nSPS) is 24.5. The van der Waals surface area contributed by atoms with Crippen LogP contribution < -0.4 is 0 Å². The summed E-state index contributed by atoms with van der Waals surface area (Å²) in [6, 6.07) is 22.8. The molecule has 5 heteroatoms. The van der Waals surface area contributed by atoms with E-state index in [0.717, 1.165) is 39.3 Å². The highest BCUT2D eigenvalue weighted by atomic mass is 16.5. The average molecular weight is 408 g/mol. The third kappa shape index (κ3) is 5.28. The van der Waals surface area contributed by atoms with Crippen molar-refractivity contribution in [2.75, 3.05) is 52.4 Å². The Kier molecular flexibility index (Phi) is 7.16. The molecule has 2 aromatic carbocycles. The van der Waals surface area contributed by atoms with Crippen molar-refractivity contribution in [3.8, 4) is 0 Å². The van der Waals surface area contributed by atoms with Crippen molar-refractivity contribution in [1.29, 1.82) is 0 Å². The zero-order valence-electron chi connectivity index (χ0n) is 18.0. The van der Waals surface area contributed by atoms with E-state index in [4.69, 9.17) is 4.74 Å². The molecular weight excluding hydrogens is 374 g/mol. The summed E-state index contributed by atoms with van der Waals surface area (Å²) in [7, 11) is 0. The predicted molar refractivity (Wildman–Crippen MR) is 119 cm³/mol. The van der Waals surface area contributed by atoms with Crippen LogP contribution in [0.3, 0.4) is 0 Å². The number of hydrogen-bond donors (Lipinski definition) is 0. The molecule has 2 fully saturated rings. The van der Waals surface area contributed by atoms with E-state index in [1.807, 2.05) is 6.92 Å². The van der Waals surface area contributed by atoms with Crippen molar-refractivity contribution < 1.29 is 9.53 Å². The Morgan fingerprint density at radius 1 is 0.833 bits per heavy atom. The van der Waals surface area contributed by atoms with Crippen molar-refractivity contribution in [3.05, 3.63) is 71.8 Å². The van der Waals surface area contributed by atoms with Gasteiger partial charge in [0.1, 0.15) is 0 Å². The third-order valence-electron chi connectivity index (χ3n) is 6.22. The number of piperazine rings is 1. The monoisotopic (exact) mass is 407 g/mol. The summed E-state index contributed by atoms with van der Waals surface area (Å²) in [5.74, 6) is -0.105. The van der Waals surface area contributed by atoms with Crippen LogP contribution in [0.2, 0.25) is 0 Å². The van der Waals surface area contributed by atoms with E-state index in [2.05, 4.69) is 75.4 Å². The third-order valence-corrected chi connectivity index (χ3v) is 6.22. The Morgan fingerprint density at radius 3 is 1.90 bits per heavy atom. The number of benzene rings is 2. The lowest BCUT2D eigenvalue weighted by Crippen LogP contribution is -2.48. The summed E-state index contributed by atoms with van der Waals surface area (Å²) >= 11 is 0. The largest absolute Gasteiger partial charge is 0.465 e. The maximum Gasteiger partial charge on any atom is 0.320 e. The van der Waals surface area contributed by atoms with Crippen molar-refractivity contribution in [2.24, 2.45) is 0 Å². The highest BCUT2D eigenvalue weighted by molar-refractivity contribution is 5.71. The number of carbonyl (C=O) groups excluding carboxylic acids is 1. The Bertz CT molecular complexity index is 745. The van der Waals surface area contributed by atoms with Crippen LogP contribution >= 0.6 is 0 Å². The standard InChI is InChI=1S/C25H33N3O2/c1-2-30-23(29)20-27-18-16-26(17-19-27)14-9-15-28-24(21-10-5-3-6-11-21)25(28)22-12-7-4-8-13-22/h3-8,10-13,24-25H,2,9,14-20H2,1H3. The SMILES string of the molecule is CCOC(=O)CN1CCN(CCCN2C(c3ccccc3)C2c2ccccc2)CC1. The van der Waals surface area contributed by atoms with Gasteiger partial charge < -0.3 is 9.64 Å². The Morgan fingerprint density at radius 2 is 1.37 bits per heavy atom. The second-order valence-corrected chi connectivity index (χ2v) is 8.23. The molecule has 2 saturated heterocycles. The Hall–Kier alpha value is -2.21. The van der Waals surface area contributed by atoms with Crippen molar-refractivity contribution in [3.63, 3.8) is 0 Å². The predicted octanol–water partition coefficient (Wildman–Crippen LogP) is 3.36. The van der Waals surface area contributed by atoms with Gasteiger partial charge in [-0.25, -0.2) is 0 Å². The van der Waals surface area contributed by atoms with Crippen LogP contribution in [0.4, 0.5) is 0 Å². The van der Waals surface area contributed by atoms with Crippen LogP contribution in [0.5, 0.6) is 0 Å². The Labute approximate surface area is 180 Å². The first-order chi connectivity index (χ1) is 14.8. The molecule has 4 rings (SSSR count). The second kappa shape index (κ2) is 10.2. The van der Waals surface area contributed by atoms with E-state index in [9.17, 15) is 4.79 Å². The molecular formula is C25H33N3O2. The summed E-state index contributed by atoms with van der Waals surface area (Å²) in [5, 5.41) is 0. The van der Waals surface area contributed by atoms with Gasteiger partial charge >= 0.3 is 5.97 Å². The fourth-order valence-electron chi connectivity index (χ4n) is 4.64. The van der Waals surface area contributed by atoms with E-state index < -0.39 is 0 Å². The smallest absolute Gasteiger partial charge is 0.320 e. The molecule has 2 unspecified atom stereocenters. The van der Waals surface area contributed by atoms with Gasteiger partial charge in [-0.05, 0) is 31.0 Å². The molecule has 2 atom stereocenters. The maximum atomic E-state index is 11.7. The summed E-state index contributed by atoms with van der Waals surface area (Å²) < 4.78 is 5.06. The van der Waals surface area contributed by atoms with E-state index in [1.165, 1.54) is 17.5 Å². The lowest BCUT2D eigenvalue weighted by molar-refractivity contribution is -0.144. The lowest BCUT2D eigenvalue weighted by atomic mass is 10.0. The van der Waals surface area contributed by atoms with Gasteiger partial charge in [-0.3, -0.25) is 14.6 Å². The molecule has 0 radical (unpaired) electrons. The molecule has 2 aliphatic rings. The molecule has 2 aliphatic heterocycles. The van der Waals surface area contributed by atoms with Gasteiger partial charge in [0.05, 0.1) is 25.2 Å². The molecule has 2 aromatic rings. The van der Waals surface area contributed by atoms with Crippen molar-refractivity contribution >= 4 is 5.97 Å². The van der Waals surface area contributed by atoms with Crippen LogP contribution in [-0.2, 0) is 9.53 Å². The van der Waals surface area contributed by atoms with E-state index >= 15 is 0 Å². The molecule has 2 heterocycles. The summed E-state index contributed by atoms with van der Waals surface area (Å²) in [5.41, 5.74) is 2.83. The maximum absolute atomic E-state index is 11.7. The first-order valence-electron chi connectivity index (χ1n) is 11.2. The van der Waals surface area contributed by atoms with Crippen LogP contribution in [-0.4, -0.2) is 73.1 Å². The fraction of sp³-hybridized carbons (Fsp3) is 0.480. The van der Waals surface area contributed by atoms with Gasteiger partial charge in [0.2, 0.25) is 0 Å². The van der Waals surface area contributed by atoms with Gasteiger partial charge in [0.25, 0.3) is 0 Å². The van der Waals surface area contributed by atoms with E-state index in [1.54, 1.807) is 0 Å². The quantitative estimate of drug-likeness (QED) is 0.471. The zero-order valence-corrected chi connectivity index (χ0v) is 18.0.